The summed E-state index contributed by atoms with van der Waals surface area (Å²) >= 11 is 0. The van der Waals surface area contributed by atoms with Crippen molar-refractivity contribution in [3.8, 4) is 0 Å². The van der Waals surface area contributed by atoms with E-state index >= 15 is 0 Å². The zero-order valence-corrected chi connectivity index (χ0v) is 11.3. The van der Waals surface area contributed by atoms with Crippen molar-refractivity contribution in [2.45, 2.75) is 13.0 Å². The molecule has 5 heteroatoms. The molecule has 1 amide bonds. The number of carbonyl (C=O) groups is 2. The van der Waals surface area contributed by atoms with Crippen LogP contribution in [0, 0.1) is 5.82 Å². The van der Waals surface area contributed by atoms with Gasteiger partial charge < -0.3 is 10.4 Å². The Morgan fingerprint density at radius 1 is 1.10 bits per heavy atom. The summed E-state index contributed by atoms with van der Waals surface area (Å²) in [5.41, 5.74) is 0.625. The van der Waals surface area contributed by atoms with Crippen molar-refractivity contribution in [3.05, 3.63) is 71.0 Å². The second-order valence-electron chi connectivity index (χ2n) is 4.60. The molecule has 0 aliphatic rings. The maximum atomic E-state index is 13.6. The zero-order valence-electron chi connectivity index (χ0n) is 11.3. The van der Waals surface area contributed by atoms with Crippen LogP contribution in [0.1, 0.15) is 39.2 Å². The fraction of sp³-hybridized carbons (Fsp3) is 0.125. The second-order valence-corrected chi connectivity index (χ2v) is 4.60. The summed E-state index contributed by atoms with van der Waals surface area (Å²) in [6, 6.07) is 11.3. The van der Waals surface area contributed by atoms with E-state index in [0.717, 1.165) is 0 Å². The van der Waals surface area contributed by atoms with Crippen LogP contribution in [0.25, 0.3) is 0 Å². The highest BCUT2D eigenvalue weighted by Gasteiger charge is 2.15. The van der Waals surface area contributed by atoms with E-state index in [0.29, 0.717) is 5.56 Å². The molecule has 0 spiro atoms. The van der Waals surface area contributed by atoms with E-state index in [1.165, 1.54) is 30.3 Å². The van der Waals surface area contributed by atoms with Crippen molar-refractivity contribution in [3.63, 3.8) is 0 Å². The number of nitrogens with one attached hydrogen (secondary N) is 1. The van der Waals surface area contributed by atoms with E-state index in [-0.39, 0.29) is 11.1 Å². The number of carboxylic acid groups (broad SMARTS) is 1. The number of carboxylic acids is 1. The maximum absolute atomic E-state index is 13.6. The van der Waals surface area contributed by atoms with E-state index in [1.807, 2.05) is 0 Å². The fourth-order valence-electron chi connectivity index (χ4n) is 1.98. The molecule has 1 unspecified atom stereocenters. The van der Waals surface area contributed by atoms with Gasteiger partial charge in [0.05, 0.1) is 11.6 Å². The molecule has 21 heavy (non-hydrogen) atoms. The molecule has 4 nitrogen and oxygen atoms in total. The van der Waals surface area contributed by atoms with Crippen LogP contribution in [0.2, 0.25) is 0 Å². The van der Waals surface area contributed by atoms with Crippen LogP contribution in [-0.2, 0) is 0 Å². The van der Waals surface area contributed by atoms with Gasteiger partial charge in [0.2, 0.25) is 0 Å². The average molecular weight is 287 g/mol. The summed E-state index contributed by atoms with van der Waals surface area (Å²) in [5.74, 6) is -1.95. The molecule has 0 bridgehead atoms. The third kappa shape index (κ3) is 3.45. The SMILES string of the molecule is CC(NC(=O)c1cccc(C(=O)O)c1)c1ccccc1F. The van der Waals surface area contributed by atoms with Crippen molar-refractivity contribution in [2.75, 3.05) is 0 Å². The van der Waals surface area contributed by atoms with Crippen molar-refractivity contribution >= 4 is 11.9 Å². The van der Waals surface area contributed by atoms with Crippen LogP contribution in [-0.4, -0.2) is 17.0 Å². The molecule has 0 aromatic heterocycles. The first-order chi connectivity index (χ1) is 9.99. The Morgan fingerprint density at radius 2 is 1.76 bits per heavy atom. The van der Waals surface area contributed by atoms with Gasteiger partial charge in [0, 0.05) is 11.1 Å². The van der Waals surface area contributed by atoms with Crippen LogP contribution >= 0.6 is 0 Å². The van der Waals surface area contributed by atoms with Crippen LogP contribution in [0.4, 0.5) is 4.39 Å². The van der Waals surface area contributed by atoms with E-state index in [9.17, 15) is 14.0 Å². The van der Waals surface area contributed by atoms with E-state index in [4.69, 9.17) is 5.11 Å². The number of amides is 1. The first kappa shape index (κ1) is 14.7. The molecule has 2 aromatic carbocycles. The van der Waals surface area contributed by atoms with Gasteiger partial charge in [-0.3, -0.25) is 4.79 Å². The fourth-order valence-corrected chi connectivity index (χ4v) is 1.98. The molecule has 0 fully saturated rings. The van der Waals surface area contributed by atoms with Gasteiger partial charge in [-0.2, -0.15) is 0 Å². The lowest BCUT2D eigenvalue weighted by molar-refractivity contribution is 0.0697. The van der Waals surface area contributed by atoms with Gasteiger partial charge in [0.25, 0.3) is 5.91 Å². The number of carbonyl (C=O) groups excluding carboxylic acids is 1. The van der Waals surface area contributed by atoms with Crippen LogP contribution in [0.5, 0.6) is 0 Å². The quantitative estimate of drug-likeness (QED) is 0.908. The minimum atomic E-state index is -1.10. The highest BCUT2D eigenvalue weighted by atomic mass is 19.1. The Hall–Kier alpha value is -2.69. The monoisotopic (exact) mass is 287 g/mol. The van der Waals surface area contributed by atoms with Gasteiger partial charge in [-0.05, 0) is 31.2 Å². The number of aromatic carboxylic acids is 1. The Kier molecular flexibility index (Phi) is 4.33. The number of benzene rings is 2. The standard InChI is InChI=1S/C16H14FNO3/c1-10(13-7-2-3-8-14(13)17)18-15(19)11-5-4-6-12(9-11)16(20)21/h2-10H,1H3,(H,18,19)(H,20,21). The predicted octanol–water partition coefficient (Wildman–Crippen LogP) is 3.01. The second kappa shape index (κ2) is 6.17. The summed E-state index contributed by atoms with van der Waals surface area (Å²) in [7, 11) is 0. The lowest BCUT2D eigenvalue weighted by Crippen LogP contribution is -2.27. The topological polar surface area (TPSA) is 66.4 Å². The zero-order chi connectivity index (χ0) is 15.4. The highest BCUT2D eigenvalue weighted by molar-refractivity contribution is 5.97. The van der Waals surface area contributed by atoms with Gasteiger partial charge in [-0.25, -0.2) is 9.18 Å². The molecule has 0 aliphatic heterocycles. The maximum Gasteiger partial charge on any atom is 0.335 e. The van der Waals surface area contributed by atoms with Crippen LogP contribution < -0.4 is 5.32 Å². The number of halogens is 1. The smallest absolute Gasteiger partial charge is 0.335 e. The molecule has 2 rings (SSSR count). The molecule has 1 atom stereocenters. The highest BCUT2D eigenvalue weighted by Crippen LogP contribution is 2.17. The van der Waals surface area contributed by atoms with E-state index in [1.54, 1.807) is 25.1 Å². The Bertz CT molecular complexity index is 685. The van der Waals surface area contributed by atoms with Crippen LogP contribution in [0.3, 0.4) is 0 Å². The minimum Gasteiger partial charge on any atom is -0.478 e. The lowest BCUT2D eigenvalue weighted by Gasteiger charge is -2.15. The molecule has 0 radical (unpaired) electrons. The molecule has 0 saturated carbocycles. The number of hydrogen-bond donors (Lipinski definition) is 2. The van der Waals surface area contributed by atoms with Crippen molar-refractivity contribution in [1.29, 1.82) is 0 Å². The Balaban J connectivity index is 2.16. The van der Waals surface area contributed by atoms with Gasteiger partial charge in [0.15, 0.2) is 0 Å². The molecule has 2 N–H and O–H groups in total. The van der Waals surface area contributed by atoms with Gasteiger partial charge in [0.1, 0.15) is 5.82 Å². The van der Waals surface area contributed by atoms with Crippen molar-refractivity contribution < 1.29 is 19.1 Å². The first-order valence-corrected chi connectivity index (χ1v) is 6.37. The third-order valence-corrected chi connectivity index (χ3v) is 3.09. The van der Waals surface area contributed by atoms with Crippen molar-refractivity contribution in [2.24, 2.45) is 0 Å². The van der Waals surface area contributed by atoms with Crippen molar-refractivity contribution in [1.82, 2.24) is 5.32 Å². The molecule has 0 aliphatic carbocycles. The minimum absolute atomic E-state index is 0.0289. The number of rotatable bonds is 4. The number of hydrogen-bond acceptors (Lipinski definition) is 2. The largest absolute Gasteiger partial charge is 0.478 e. The van der Waals surface area contributed by atoms with Gasteiger partial charge in [-0.15, -0.1) is 0 Å². The van der Waals surface area contributed by atoms with Gasteiger partial charge in [-0.1, -0.05) is 24.3 Å². The molecule has 0 heterocycles. The molecular weight excluding hydrogens is 273 g/mol. The molecule has 0 saturated heterocycles. The average Bonchev–Trinajstić information content (AvgIpc) is 2.47. The Labute approximate surface area is 121 Å². The summed E-state index contributed by atoms with van der Waals surface area (Å²) < 4.78 is 13.6. The molecule has 108 valence electrons. The summed E-state index contributed by atoms with van der Waals surface area (Å²) in [5, 5.41) is 11.6. The summed E-state index contributed by atoms with van der Waals surface area (Å²) in [6.45, 7) is 1.66. The van der Waals surface area contributed by atoms with E-state index in [2.05, 4.69) is 5.32 Å². The predicted molar refractivity (Wildman–Crippen MR) is 75.7 cm³/mol. The molecule has 2 aromatic rings. The van der Waals surface area contributed by atoms with E-state index < -0.39 is 23.7 Å². The van der Waals surface area contributed by atoms with Crippen LogP contribution in [0.15, 0.2) is 48.5 Å². The Morgan fingerprint density at radius 3 is 2.43 bits per heavy atom. The van der Waals surface area contributed by atoms with Gasteiger partial charge >= 0.3 is 5.97 Å². The normalized spacial score (nSPS) is 11.7. The molecular formula is C16H14FNO3. The first-order valence-electron chi connectivity index (χ1n) is 6.37. The lowest BCUT2D eigenvalue weighted by atomic mass is 10.1. The summed E-state index contributed by atoms with van der Waals surface area (Å²) in [6.07, 6.45) is 0. The summed E-state index contributed by atoms with van der Waals surface area (Å²) in [4.78, 5) is 23.0. The third-order valence-electron chi connectivity index (χ3n) is 3.09.